The van der Waals surface area contributed by atoms with Gasteiger partial charge in [-0.3, -0.25) is 4.79 Å². The number of aliphatic carboxylic acids is 1. The topological polar surface area (TPSA) is 78.9 Å². The van der Waals surface area contributed by atoms with Gasteiger partial charge in [0.2, 0.25) is 0 Å². The summed E-state index contributed by atoms with van der Waals surface area (Å²) in [4.78, 5) is 15.2. The van der Waals surface area contributed by atoms with E-state index in [1.165, 1.54) is 11.8 Å². The number of nitrogens with zero attached hydrogens (tertiary/aromatic N) is 3. The van der Waals surface area contributed by atoms with Crippen molar-refractivity contribution in [1.29, 1.82) is 5.26 Å². The highest BCUT2D eigenvalue weighted by Crippen LogP contribution is 2.26. The Morgan fingerprint density at radius 2 is 2.33 bits per heavy atom. The van der Waals surface area contributed by atoms with Crippen molar-refractivity contribution >= 4 is 40.5 Å². The smallest absolute Gasteiger partial charge is 0.313 e. The fourth-order valence-electron chi connectivity index (χ4n) is 2.04. The fraction of sp³-hybridized carbons (Fsp3) is 0.357. The second-order valence-corrected chi connectivity index (χ2v) is 6.29. The third-order valence-corrected chi connectivity index (χ3v) is 4.58. The Hall–Kier alpha value is -1.65. The molecule has 1 aromatic carbocycles. The predicted molar refractivity (Wildman–Crippen MR) is 85.8 cm³/mol. The van der Waals surface area contributed by atoms with Gasteiger partial charge >= 0.3 is 5.97 Å². The normalized spacial score (nSPS) is 10.7. The van der Waals surface area contributed by atoms with E-state index in [-0.39, 0.29) is 5.75 Å². The summed E-state index contributed by atoms with van der Waals surface area (Å²) in [6, 6.07) is 7.62. The molecular formula is C14H15N3O2S2. The van der Waals surface area contributed by atoms with Crippen molar-refractivity contribution in [2.45, 2.75) is 18.1 Å². The summed E-state index contributed by atoms with van der Waals surface area (Å²) in [7, 11) is 0. The number of thioether (sulfide) groups is 2. The van der Waals surface area contributed by atoms with Crippen LogP contribution in [0.1, 0.15) is 12.0 Å². The van der Waals surface area contributed by atoms with Crippen LogP contribution in [0.5, 0.6) is 0 Å². The van der Waals surface area contributed by atoms with Crippen molar-refractivity contribution in [3.63, 3.8) is 0 Å². The van der Waals surface area contributed by atoms with E-state index in [0.717, 1.165) is 24.2 Å². The molecule has 0 saturated carbocycles. The van der Waals surface area contributed by atoms with Gasteiger partial charge in [-0.2, -0.15) is 17.0 Å². The number of carbonyl (C=O) groups is 1. The van der Waals surface area contributed by atoms with E-state index in [2.05, 4.69) is 17.3 Å². The largest absolute Gasteiger partial charge is 0.481 e. The zero-order chi connectivity index (χ0) is 15.2. The molecule has 0 aliphatic heterocycles. The van der Waals surface area contributed by atoms with Crippen molar-refractivity contribution in [2.24, 2.45) is 0 Å². The maximum absolute atomic E-state index is 10.8. The van der Waals surface area contributed by atoms with Gasteiger partial charge in [-0.15, -0.1) is 0 Å². The number of hydrogen-bond acceptors (Lipinski definition) is 5. The van der Waals surface area contributed by atoms with Crippen molar-refractivity contribution in [1.82, 2.24) is 9.55 Å². The number of aromatic nitrogens is 2. The molecular weight excluding hydrogens is 306 g/mol. The Balaban J connectivity index is 2.41. The molecule has 5 nitrogen and oxygen atoms in total. The number of fused-ring (bicyclic) bond motifs is 1. The highest BCUT2D eigenvalue weighted by atomic mass is 32.2. The van der Waals surface area contributed by atoms with E-state index >= 15 is 0 Å². The third kappa shape index (κ3) is 3.71. The lowest BCUT2D eigenvalue weighted by molar-refractivity contribution is -0.133. The molecule has 0 saturated heterocycles. The van der Waals surface area contributed by atoms with E-state index in [1.54, 1.807) is 17.8 Å². The standard InChI is InChI=1S/C14H15N3O2S2/c1-20-7-3-6-17-11-5-2-4-10(8-15)13(11)16-14(17)21-9-12(18)19/h2,4-5H,3,6-7,9H2,1H3,(H,18,19). The summed E-state index contributed by atoms with van der Waals surface area (Å²) >= 11 is 2.97. The van der Waals surface area contributed by atoms with Crippen LogP contribution in [0.25, 0.3) is 11.0 Å². The number of carboxylic acid groups (broad SMARTS) is 1. The van der Waals surface area contributed by atoms with Crippen LogP contribution in [0.3, 0.4) is 0 Å². The number of benzene rings is 1. The van der Waals surface area contributed by atoms with Crippen LogP contribution in [0.15, 0.2) is 23.4 Å². The Labute approximate surface area is 131 Å². The average Bonchev–Trinajstić information content (AvgIpc) is 2.83. The molecule has 0 amide bonds. The molecule has 110 valence electrons. The maximum Gasteiger partial charge on any atom is 0.313 e. The van der Waals surface area contributed by atoms with Crippen LogP contribution >= 0.6 is 23.5 Å². The number of hydrogen-bond donors (Lipinski definition) is 1. The van der Waals surface area contributed by atoms with Crippen LogP contribution in [0.2, 0.25) is 0 Å². The van der Waals surface area contributed by atoms with Gasteiger partial charge in [0, 0.05) is 6.54 Å². The van der Waals surface area contributed by atoms with Gasteiger partial charge in [-0.1, -0.05) is 17.8 Å². The van der Waals surface area contributed by atoms with Gasteiger partial charge in [0.15, 0.2) is 5.16 Å². The Morgan fingerprint density at radius 1 is 1.52 bits per heavy atom. The summed E-state index contributed by atoms with van der Waals surface area (Å²) in [5.41, 5.74) is 2.06. The number of para-hydroxylation sites is 1. The summed E-state index contributed by atoms with van der Waals surface area (Å²) in [5.74, 6) is 0.122. The third-order valence-electron chi connectivity index (χ3n) is 2.92. The summed E-state index contributed by atoms with van der Waals surface area (Å²) in [5, 5.41) is 18.7. The molecule has 0 bridgehead atoms. The lowest BCUT2D eigenvalue weighted by Gasteiger charge is -2.07. The molecule has 0 fully saturated rings. The summed E-state index contributed by atoms with van der Waals surface area (Å²) < 4.78 is 2.01. The second-order valence-electron chi connectivity index (χ2n) is 4.36. The number of carboxylic acids is 1. The van der Waals surface area contributed by atoms with Crippen LogP contribution < -0.4 is 0 Å². The summed E-state index contributed by atoms with van der Waals surface area (Å²) in [6.07, 6.45) is 3.03. The number of rotatable bonds is 7. The Bertz CT molecular complexity index is 691. The molecule has 1 heterocycles. The van der Waals surface area contributed by atoms with Crippen LogP contribution in [-0.2, 0) is 11.3 Å². The SMILES string of the molecule is CSCCCn1c(SCC(=O)O)nc2c(C#N)cccc21. The van der Waals surface area contributed by atoms with Crippen molar-refractivity contribution in [2.75, 3.05) is 17.8 Å². The molecule has 21 heavy (non-hydrogen) atoms. The van der Waals surface area contributed by atoms with E-state index in [4.69, 9.17) is 10.4 Å². The average molecular weight is 321 g/mol. The molecule has 7 heteroatoms. The Kier molecular flexibility index (Phi) is 5.53. The van der Waals surface area contributed by atoms with E-state index in [1.807, 2.05) is 16.7 Å². The van der Waals surface area contributed by atoms with Crippen molar-refractivity contribution in [3.05, 3.63) is 23.8 Å². The number of nitriles is 1. The van der Waals surface area contributed by atoms with Gasteiger partial charge in [0.05, 0.1) is 16.8 Å². The molecule has 2 aromatic rings. The van der Waals surface area contributed by atoms with Crippen LogP contribution in [0, 0.1) is 11.3 Å². The molecule has 2 rings (SSSR count). The van der Waals surface area contributed by atoms with E-state index in [0.29, 0.717) is 16.2 Å². The van der Waals surface area contributed by atoms with E-state index in [9.17, 15) is 4.79 Å². The second kappa shape index (κ2) is 7.38. The van der Waals surface area contributed by atoms with Gasteiger partial charge in [0.1, 0.15) is 11.6 Å². The molecule has 0 unspecified atom stereocenters. The first-order chi connectivity index (χ1) is 10.2. The first-order valence-corrected chi connectivity index (χ1v) is 8.78. The maximum atomic E-state index is 10.8. The van der Waals surface area contributed by atoms with Crippen molar-refractivity contribution < 1.29 is 9.90 Å². The zero-order valence-corrected chi connectivity index (χ0v) is 13.2. The summed E-state index contributed by atoms with van der Waals surface area (Å²) in [6.45, 7) is 0.772. The van der Waals surface area contributed by atoms with Gasteiger partial charge in [0.25, 0.3) is 0 Å². The highest BCUT2D eigenvalue weighted by molar-refractivity contribution is 7.99. The van der Waals surface area contributed by atoms with Gasteiger partial charge < -0.3 is 9.67 Å². The first kappa shape index (κ1) is 15.7. The van der Waals surface area contributed by atoms with E-state index < -0.39 is 5.97 Å². The van der Waals surface area contributed by atoms with Gasteiger partial charge in [-0.25, -0.2) is 4.98 Å². The molecule has 0 spiro atoms. The van der Waals surface area contributed by atoms with Crippen LogP contribution in [-0.4, -0.2) is 38.4 Å². The minimum Gasteiger partial charge on any atom is -0.481 e. The highest BCUT2D eigenvalue weighted by Gasteiger charge is 2.14. The van der Waals surface area contributed by atoms with Gasteiger partial charge in [-0.05, 0) is 30.6 Å². The molecule has 1 aromatic heterocycles. The monoisotopic (exact) mass is 321 g/mol. The molecule has 0 aliphatic carbocycles. The lowest BCUT2D eigenvalue weighted by Crippen LogP contribution is -2.04. The fourth-order valence-corrected chi connectivity index (χ4v) is 3.21. The molecule has 0 atom stereocenters. The predicted octanol–water partition coefficient (Wildman–Crippen LogP) is 2.84. The molecule has 0 aliphatic rings. The first-order valence-electron chi connectivity index (χ1n) is 6.40. The number of imidazole rings is 1. The molecule has 0 radical (unpaired) electrons. The zero-order valence-electron chi connectivity index (χ0n) is 11.6. The lowest BCUT2D eigenvalue weighted by atomic mass is 10.2. The van der Waals surface area contributed by atoms with Crippen LogP contribution in [0.4, 0.5) is 0 Å². The van der Waals surface area contributed by atoms with Crippen molar-refractivity contribution in [3.8, 4) is 6.07 Å². The molecule has 1 N–H and O–H groups in total. The quantitative estimate of drug-likeness (QED) is 0.624. The Morgan fingerprint density at radius 3 is 3.00 bits per heavy atom. The minimum absolute atomic E-state index is 0.0340. The number of aryl methyl sites for hydroxylation is 1. The minimum atomic E-state index is -0.872.